The highest BCUT2D eigenvalue weighted by Gasteiger charge is 2.37. The lowest BCUT2D eigenvalue weighted by Gasteiger charge is -2.29. The number of nitrogens with zero attached hydrogens (tertiary/aromatic N) is 1. The molecule has 1 aliphatic heterocycles. The van der Waals surface area contributed by atoms with Gasteiger partial charge in [0.15, 0.2) is 0 Å². The van der Waals surface area contributed by atoms with Crippen molar-refractivity contribution in [3.8, 4) is 0 Å². The number of para-hydroxylation sites is 1. The highest BCUT2D eigenvalue weighted by molar-refractivity contribution is 6.18. The number of H-pyrrole nitrogens is 1. The van der Waals surface area contributed by atoms with Gasteiger partial charge in [0.2, 0.25) is 0 Å². The first-order chi connectivity index (χ1) is 16.7. The zero-order valence-corrected chi connectivity index (χ0v) is 18.6. The highest BCUT2D eigenvalue weighted by atomic mass is 19.1. The molecule has 2 aromatic carbocycles. The molecule has 166 valence electrons. The number of carbonyl (C=O) groups excluding carboxylic acids is 2. The smallest absolute Gasteiger partial charge is 0.342 e. The van der Waals surface area contributed by atoms with Gasteiger partial charge in [0, 0.05) is 34.6 Å². The standard InChI is InChI=1S/C26H27FN2O3/c1-15(2)32-25(31)19-13-29(24(30)17-11-10-16(3)20(27)12-17)14-26(4,5)22-18-8-6-7-9-21(18)28-23(19)22/h6-13,15,28H,14H2,1-5H3/i6D,7D,8D,9D. The minimum atomic E-state index is -0.874. The average Bonchev–Trinajstić information content (AvgIpc) is 3.16. The fraction of sp³-hybridized carbons (Fsp3) is 0.308. The molecule has 2 heterocycles. The number of aromatic nitrogens is 1. The van der Waals surface area contributed by atoms with E-state index in [4.69, 9.17) is 10.2 Å². The number of aromatic amines is 1. The minimum absolute atomic E-state index is 0.00160. The Kier molecular flexibility index (Phi) is 4.26. The molecule has 0 atom stereocenters. The van der Waals surface area contributed by atoms with E-state index in [1.165, 1.54) is 23.2 Å². The van der Waals surface area contributed by atoms with Gasteiger partial charge in [0.25, 0.3) is 5.91 Å². The van der Waals surface area contributed by atoms with E-state index in [0.29, 0.717) is 11.1 Å². The summed E-state index contributed by atoms with van der Waals surface area (Å²) in [5.41, 5.74) is 0.538. The van der Waals surface area contributed by atoms with Crippen LogP contribution in [0.2, 0.25) is 0 Å². The van der Waals surface area contributed by atoms with Crippen molar-refractivity contribution >= 4 is 28.4 Å². The van der Waals surface area contributed by atoms with E-state index in [1.807, 2.05) is 13.8 Å². The molecule has 0 saturated carbocycles. The number of nitrogens with one attached hydrogen (secondary N) is 1. The molecule has 4 rings (SSSR count). The lowest BCUT2D eigenvalue weighted by molar-refractivity contribution is -0.140. The number of amides is 1. The molecule has 0 spiro atoms. The Balaban J connectivity index is 2.00. The van der Waals surface area contributed by atoms with Crippen LogP contribution >= 0.6 is 0 Å². The lowest BCUT2D eigenvalue weighted by atomic mass is 9.81. The first-order valence-corrected chi connectivity index (χ1v) is 10.4. The first kappa shape index (κ1) is 17.2. The molecule has 3 aromatic rings. The zero-order valence-electron chi connectivity index (χ0n) is 22.6. The Morgan fingerprint density at radius 1 is 1.25 bits per heavy atom. The van der Waals surface area contributed by atoms with Crippen LogP contribution in [-0.4, -0.2) is 34.4 Å². The van der Waals surface area contributed by atoms with Crippen LogP contribution < -0.4 is 0 Å². The predicted molar refractivity (Wildman–Crippen MR) is 123 cm³/mol. The summed E-state index contributed by atoms with van der Waals surface area (Å²) in [7, 11) is 0. The van der Waals surface area contributed by atoms with Gasteiger partial charge in [-0.25, -0.2) is 9.18 Å². The van der Waals surface area contributed by atoms with Crippen LogP contribution in [0.15, 0.2) is 48.6 Å². The van der Waals surface area contributed by atoms with Crippen LogP contribution in [0.1, 0.15) is 60.4 Å². The topological polar surface area (TPSA) is 62.4 Å². The molecule has 1 aromatic heterocycles. The zero-order chi connectivity index (χ0) is 26.7. The van der Waals surface area contributed by atoms with Gasteiger partial charge in [0.05, 0.1) is 22.9 Å². The van der Waals surface area contributed by atoms with Crippen molar-refractivity contribution in [3.05, 3.63) is 76.8 Å². The summed E-state index contributed by atoms with van der Waals surface area (Å²) in [6.45, 7) is 8.67. The summed E-state index contributed by atoms with van der Waals surface area (Å²) in [6, 6.07) is 2.89. The summed E-state index contributed by atoms with van der Waals surface area (Å²) in [5, 5.41) is 0.250. The number of fused-ring (bicyclic) bond motifs is 3. The molecule has 32 heavy (non-hydrogen) atoms. The average molecular weight is 439 g/mol. The Labute approximate surface area is 192 Å². The SMILES string of the molecule is [2H]c1c([2H])c([2H])c2c3c([nH]c2c1[2H])C(C(=O)OC(C)C)=CN(C(=O)c1ccc(C)c(F)c1)CC3(C)C. The summed E-state index contributed by atoms with van der Waals surface area (Å²) in [5.74, 6) is -1.77. The number of ether oxygens (including phenoxy) is 1. The van der Waals surface area contributed by atoms with Gasteiger partial charge < -0.3 is 14.6 Å². The summed E-state index contributed by atoms with van der Waals surface area (Å²) in [4.78, 5) is 31.1. The van der Waals surface area contributed by atoms with Crippen LogP contribution in [0.3, 0.4) is 0 Å². The van der Waals surface area contributed by atoms with E-state index in [0.717, 1.165) is 6.07 Å². The molecule has 0 radical (unpaired) electrons. The number of halogens is 1. The van der Waals surface area contributed by atoms with E-state index < -0.39 is 41.3 Å². The Morgan fingerprint density at radius 3 is 2.66 bits per heavy atom. The predicted octanol–water partition coefficient (Wildman–Crippen LogP) is 5.34. The van der Waals surface area contributed by atoms with Crippen molar-refractivity contribution in [1.82, 2.24) is 9.88 Å². The van der Waals surface area contributed by atoms with Gasteiger partial charge in [-0.05, 0) is 50.1 Å². The van der Waals surface area contributed by atoms with Crippen molar-refractivity contribution in [2.24, 2.45) is 0 Å². The third kappa shape index (κ3) is 3.81. The maximum absolute atomic E-state index is 14.2. The Hall–Kier alpha value is -3.41. The number of benzene rings is 2. The minimum Gasteiger partial charge on any atom is -0.459 e. The number of rotatable bonds is 3. The third-order valence-corrected chi connectivity index (χ3v) is 5.48. The molecule has 6 heteroatoms. The second-order valence-electron chi connectivity index (χ2n) is 8.90. The quantitative estimate of drug-likeness (QED) is 0.562. The highest BCUT2D eigenvalue weighted by Crippen LogP contribution is 2.40. The van der Waals surface area contributed by atoms with Crippen LogP contribution in [0, 0.1) is 12.7 Å². The summed E-state index contributed by atoms with van der Waals surface area (Å²) < 4.78 is 52.9. The van der Waals surface area contributed by atoms with E-state index in [9.17, 15) is 14.0 Å². The Morgan fingerprint density at radius 2 is 1.97 bits per heavy atom. The molecule has 5 nitrogen and oxygen atoms in total. The molecule has 1 amide bonds. The van der Waals surface area contributed by atoms with Crippen molar-refractivity contribution in [1.29, 1.82) is 0 Å². The van der Waals surface area contributed by atoms with Crippen LogP contribution in [0.25, 0.3) is 16.5 Å². The van der Waals surface area contributed by atoms with Crippen molar-refractivity contribution < 1.29 is 24.2 Å². The molecule has 1 N–H and O–H groups in total. The van der Waals surface area contributed by atoms with Crippen molar-refractivity contribution in [2.75, 3.05) is 6.54 Å². The molecular weight excluding hydrogens is 407 g/mol. The third-order valence-electron chi connectivity index (χ3n) is 5.48. The summed E-state index contributed by atoms with van der Waals surface area (Å²) in [6.07, 6.45) is 0.889. The van der Waals surface area contributed by atoms with Crippen LogP contribution in [0.5, 0.6) is 0 Å². The normalized spacial score (nSPS) is 17.1. The van der Waals surface area contributed by atoms with Crippen LogP contribution in [-0.2, 0) is 14.9 Å². The van der Waals surface area contributed by atoms with E-state index in [-0.39, 0.29) is 46.4 Å². The van der Waals surface area contributed by atoms with Gasteiger partial charge >= 0.3 is 5.97 Å². The van der Waals surface area contributed by atoms with Crippen molar-refractivity contribution in [3.63, 3.8) is 0 Å². The van der Waals surface area contributed by atoms with Gasteiger partial charge in [-0.2, -0.15) is 0 Å². The fourth-order valence-corrected chi connectivity index (χ4v) is 4.01. The number of carbonyl (C=O) groups is 2. The summed E-state index contributed by atoms with van der Waals surface area (Å²) >= 11 is 0. The molecular formula is C26H27FN2O3. The van der Waals surface area contributed by atoms with Gasteiger partial charge in [0.1, 0.15) is 5.82 Å². The maximum atomic E-state index is 14.2. The van der Waals surface area contributed by atoms with Crippen molar-refractivity contribution in [2.45, 2.75) is 46.1 Å². The fourth-order valence-electron chi connectivity index (χ4n) is 4.01. The van der Waals surface area contributed by atoms with Gasteiger partial charge in [-0.3, -0.25) is 4.79 Å². The number of hydrogen-bond donors (Lipinski definition) is 1. The molecule has 0 aliphatic carbocycles. The van der Waals surface area contributed by atoms with E-state index >= 15 is 0 Å². The second kappa shape index (κ2) is 7.93. The van der Waals surface area contributed by atoms with E-state index in [2.05, 4.69) is 4.98 Å². The first-order valence-electron chi connectivity index (χ1n) is 12.4. The number of hydrogen-bond acceptors (Lipinski definition) is 3. The number of esters is 1. The van der Waals surface area contributed by atoms with Gasteiger partial charge in [-0.15, -0.1) is 0 Å². The second-order valence-corrected chi connectivity index (χ2v) is 8.90. The van der Waals surface area contributed by atoms with Crippen LogP contribution in [0.4, 0.5) is 4.39 Å². The van der Waals surface area contributed by atoms with Gasteiger partial charge in [-0.1, -0.05) is 38.0 Å². The maximum Gasteiger partial charge on any atom is 0.342 e. The molecule has 0 bridgehead atoms. The van der Waals surface area contributed by atoms with E-state index in [1.54, 1.807) is 20.8 Å². The Bertz CT molecular complexity index is 1460. The molecule has 0 fully saturated rings. The lowest BCUT2D eigenvalue weighted by Crippen LogP contribution is -2.37. The molecule has 0 saturated heterocycles. The molecule has 1 aliphatic rings. The monoisotopic (exact) mass is 438 g/mol. The molecule has 0 unspecified atom stereocenters. The largest absolute Gasteiger partial charge is 0.459 e. The number of aryl methyl sites for hydroxylation is 1.